The number of fused-ring (bicyclic) bond motifs is 1. The van der Waals surface area contributed by atoms with Gasteiger partial charge in [0.25, 0.3) is 0 Å². The summed E-state index contributed by atoms with van der Waals surface area (Å²) in [5.41, 5.74) is 0. The van der Waals surface area contributed by atoms with Crippen LogP contribution in [0.25, 0.3) is 0 Å². The molecule has 3 saturated carbocycles. The molecule has 36 heavy (non-hydrogen) atoms. The van der Waals surface area contributed by atoms with E-state index in [-0.39, 0.29) is 30.0 Å². The van der Waals surface area contributed by atoms with Gasteiger partial charge in [-0.2, -0.15) is 0 Å². The summed E-state index contributed by atoms with van der Waals surface area (Å²) in [6.07, 6.45) is 21.3. The first-order chi connectivity index (χ1) is 17.6. The molecule has 0 aromatic heterocycles. The molecule has 0 heterocycles. The van der Waals surface area contributed by atoms with Gasteiger partial charge in [-0.25, -0.2) is 4.39 Å². The molecule has 1 aromatic carbocycles. The van der Waals surface area contributed by atoms with Gasteiger partial charge in [0.1, 0.15) is 12.4 Å². The van der Waals surface area contributed by atoms with E-state index in [1.165, 1.54) is 82.8 Å². The van der Waals surface area contributed by atoms with E-state index in [4.69, 9.17) is 9.47 Å². The van der Waals surface area contributed by atoms with Crippen molar-refractivity contribution in [3.05, 3.63) is 36.7 Å². The SMILES string of the molecule is C=CCOc1ccc(OC(=O)C2CCC(C3CCC4CC(CCCCCC)CCC4C3)CC2)cc1F. The van der Waals surface area contributed by atoms with Crippen LogP contribution in [0.5, 0.6) is 11.5 Å². The maximum atomic E-state index is 14.2. The van der Waals surface area contributed by atoms with Crippen molar-refractivity contribution in [2.45, 2.75) is 103 Å². The normalized spacial score (nSPS) is 30.3. The standard InChI is InChI=1S/C32H47FO3/c1-3-5-6-7-8-23-9-10-28-21-27(16-15-26(28)20-23)24-11-13-25(14-12-24)32(34)36-29-17-18-31(30(33)22-29)35-19-4-2/h4,17-18,22-28H,2-3,5-16,19-21H2,1H3. The highest BCUT2D eigenvalue weighted by Gasteiger charge is 2.39. The third kappa shape index (κ3) is 7.35. The number of hydrogen-bond acceptors (Lipinski definition) is 3. The molecule has 0 aliphatic heterocycles. The summed E-state index contributed by atoms with van der Waals surface area (Å²) in [6, 6.07) is 4.35. The van der Waals surface area contributed by atoms with Gasteiger partial charge in [0.2, 0.25) is 0 Å². The highest BCUT2D eigenvalue weighted by molar-refractivity contribution is 5.75. The number of rotatable bonds is 11. The lowest BCUT2D eigenvalue weighted by atomic mass is 9.60. The lowest BCUT2D eigenvalue weighted by Crippen LogP contribution is -2.35. The summed E-state index contributed by atoms with van der Waals surface area (Å²) in [4.78, 5) is 12.8. The van der Waals surface area contributed by atoms with Gasteiger partial charge in [0.15, 0.2) is 11.6 Å². The average Bonchev–Trinajstić information content (AvgIpc) is 2.90. The molecule has 0 amide bonds. The molecular weight excluding hydrogens is 451 g/mol. The predicted octanol–water partition coefficient (Wildman–Crippen LogP) is 8.91. The largest absolute Gasteiger partial charge is 0.486 e. The monoisotopic (exact) mass is 498 g/mol. The van der Waals surface area contributed by atoms with Crippen LogP contribution in [-0.2, 0) is 4.79 Å². The summed E-state index contributed by atoms with van der Waals surface area (Å²) in [6.45, 7) is 6.10. The zero-order valence-corrected chi connectivity index (χ0v) is 22.4. The van der Waals surface area contributed by atoms with Crippen LogP contribution in [0.15, 0.2) is 30.9 Å². The van der Waals surface area contributed by atoms with E-state index in [1.807, 2.05) is 0 Å². The Morgan fingerprint density at radius 1 is 0.944 bits per heavy atom. The Bertz CT molecular complexity index is 844. The maximum absolute atomic E-state index is 14.2. The van der Waals surface area contributed by atoms with Crippen molar-refractivity contribution < 1.29 is 18.7 Å². The fourth-order valence-electron chi connectivity index (χ4n) is 7.41. The van der Waals surface area contributed by atoms with Gasteiger partial charge in [0.05, 0.1) is 5.92 Å². The third-order valence-corrected chi connectivity index (χ3v) is 9.48. The number of hydrogen-bond donors (Lipinski definition) is 0. The molecule has 4 atom stereocenters. The summed E-state index contributed by atoms with van der Waals surface area (Å²) < 4.78 is 25.0. The van der Waals surface area contributed by atoms with E-state index < -0.39 is 5.82 Å². The lowest BCUT2D eigenvalue weighted by Gasteiger charge is -2.45. The molecule has 0 bridgehead atoms. The Kier molecular flexibility index (Phi) is 10.3. The number of esters is 1. The molecule has 4 rings (SSSR count). The van der Waals surface area contributed by atoms with Crippen LogP contribution in [0, 0.1) is 41.3 Å². The Hall–Kier alpha value is -1.84. The number of unbranched alkanes of at least 4 members (excludes halogenated alkanes) is 3. The predicted molar refractivity (Wildman–Crippen MR) is 144 cm³/mol. The fraction of sp³-hybridized carbons (Fsp3) is 0.719. The van der Waals surface area contributed by atoms with Crippen LogP contribution in [-0.4, -0.2) is 12.6 Å². The molecule has 3 fully saturated rings. The van der Waals surface area contributed by atoms with Gasteiger partial charge < -0.3 is 9.47 Å². The summed E-state index contributed by atoms with van der Waals surface area (Å²) in [5, 5.41) is 0. The quantitative estimate of drug-likeness (QED) is 0.132. The van der Waals surface area contributed by atoms with Crippen LogP contribution in [0.1, 0.15) is 103 Å². The van der Waals surface area contributed by atoms with Gasteiger partial charge in [-0.15, -0.1) is 0 Å². The van der Waals surface area contributed by atoms with E-state index in [0.717, 1.165) is 55.3 Å². The van der Waals surface area contributed by atoms with E-state index >= 15 is 0 Å². The summed E-state index contributed by atoms with van der Waals surface area (Å²) in [5.74, 6) is 4.13. The van der Waals surface area contributed by atoms with E-state index in [0.29, 0.717) is 0 Å². The second-order valence-electron chi connectivity index (χ2n) is 11.8. The molecule has 0 radical (unpaired) electrons. The van der Waals surface area contributed by atoms with Crippen molar-refractivity contribution in [2.75, 3.05) is 6.61 Å². The first kappa shape index (κ1) is 27.2. The van der Waals surface area contributed by atoms with Crippen LogP contribution in [0.2, 0.25) is 0 Å². The summed E-state index contributed by atoms with van der Waals surface area (Å²) in [7, 11) is 0. The highest BCUT2D eigenvalue weighted by Crippen LogP contribution is 2.49. The molecule has 4 heteroatoms. The molecule has 4 unspecified atom stereocenters. The molecular formula is C32H47FO3. The third-order valence-electron chi connectivity index (χ3n) is 9.48. The number of benzene rings is 1. The molecule has 200 valence electrons. The van der Waals surface area contributed by atoms with Crippen LogP contribution in [0.4, 0.5) is 4.39 Å². The van der Waals surface area contributed by atoms with Crippen LogP contribution in [0.3, 0.4) is 0 Å². The van der Waals surface area contributed by atoms with Gasteiger partial charge >= 0.3 is 5.97 Å². The highest BCUT2D eigenvalue weighted by atomic mass is 19.1. The Morgan fingerprint density at radius 2 is 1.64 bits per heavy atom. The molecule has 0 saturated heterocycles. The first-order valence-corrected chi connectivity index (χ1v) is 14.8. The smallest absolute Gasteiger partial charge is 0.314 e. The van der Waals surface area contributed by atoms with Crippen LogP contribution < -0.4 is 9.47 Å². The Morgan fingerprint density at radius 3 is 2.36 bits per heavy atom. The lowest BCUT2D eigenvalue weighted by molar-refractivity contribution is -0.140. The minimum Gasteiger partial charge on any atom is -0.486 e. The second kappa shape index (κ2) is 13.6. The molecule has 3 nitrogen and oxygen atoms in total. The van der Waals surface area contributed by atoms with Crippen molar-refractivity contribution in [1.29, 1.82) is 0 Å². The van der Waals surface area contributed by atoms with Gasteiger partial charge in [-0.3, -0.25) is 4.79 Å². The number of halogens is 1. The van der Waals surface area contributed by atoms with E-state index in [9.17, 15) is 9.18 Å². The fourth-order valence-corrected chi connectivity index (χ4v) is 7.41. The summed E-state index contributed by atoms with van der Waals surface area (Å²) >= 11 is 0. The van der Waals surface area contributed by atoms with Crippen LogP contribution >= 0.6 is 0 Å². The van der Waals surface area contributed by atoms with Crippen molar-refractivity contribution in [3.8, 4) is 11.5 Å². The Balaban J connectivity index is 1.18. The molecule has 3 aliphatic carbocycles. The Labute approximate surface area is 218 Å². The minimum absolute atomic E-state index is 0.0690. The average molecular weight is 499 g/mol. The molecule has 3 aliphatic rings. The first-order valence-electron chi connectivity index (χ1n) is 14.8. The number of carbonyl (C=O) groups is 1. The molecule has 1 aromatic rings. The van der Waals surface area contributed by atoms with Crippen molar-refractivity contribution in [2.24, 2.45) is 35.5 Å². The van der Waals surface area contributed by atoms with Gasteiger partial charge in [0, 0.05) is 6.07 Å². The second-order valence-corrected chi connectivity index (χ2v) is 11.8. The van der Waals surface area contributed by atoms with Gasteiger partial charge in [-0.05, 0) is 99.5 Å². The minimum atomic E-state index is -0.521. The number of ether oxygens (including phenoxy) is 2. The maximum Gasteiger partial charge on any atom is 0.314 e. The topological polar surface area (TPSA) is 35.5 Å². The zero-order valence-electron chi connectivity index (χ0n) is 22.4. The van der Waals surface area contributed by atoms with Gasteiger partial charge in [-0.1, -0.05) is 58.1 Å². The van der Waals surface area contributed by atoms with Crippen molar-refractivity contribution in [3.63, 3.8) is 0 Å². The zero-order chi connectivity index (χ0) is 25.3. The van der Waals surface area contributed by atoms with E-state index in [1.54, 1.807) is 12.1 Å². The van der Waals surface area contributed by atoms with Crippen molar-refractivity contribution in [1.82, 2.24) is 0 Å². The van der Waals surface area contributed by atoms with E-state index in [2.05, 4.69) is 13.5 Å². The molecule has 0 spiro atoms. The number of carbonyl (C=O) groups excluding carboxylic acids is 1. The molecule has 0 N–H and O–H groups in total. The van der Waals surface area contributed by atoms with Crippen molar-refractivity contribution >= 4 is 5.97 Å².